The topological polar surface area (TPSA) is 84.5 Å². The Labute approximate surface area is 197 Å². The van der Waals surface area contributed by atoms with Crippen LogP contribution in [0.3, 0.4) is 0 Å². The van der Waals surface area contributed by atoms with Crippen LogP contribution in [0, 0.1) is 0 Å². The van der Waals surface area contributed by atoms with Crippen LogP contribution in [-0.4, -0.2) is 27.5 Å². The van der Waals surface area contributed by atoms with E-state index < -0.39 is 22.0 Å². The minimum absolute atomic E-state index is 0.0924. The Balaban J connectivity index is 1.81. The molecule has 0 fully saturated rings. The first-order valence-corrected chi connectivity index (χ1v) is 12.3. The molecule has 3 aromatic carbocycles. The molecule has 0 saturated heterocycles. The molecule has 0 spiro atoms. The Bertz CT molecular complexity index is 1130. The summed E-state index contributed by atoms with van der Waals surface area (Å²) >= 11 is 3.30. The van der Waals surface area contributed by atoms with Crippen molar-refractivity contribution in [2.24, 2.45) is 0 Å². The lowest BCUT2D eigenvalue weighted by molar-refractivity contribution is -0.123. The van der Waals surface area contributed by atoms with Gasteiger partial charge in [-0.3, -0.25) is 4.79 Å². The third-order valence-electron chi connectivity index (χ3n) is 5.00. The summed E-state index contributed by atoms with van der Waals surface area (Å²) in [6.45, 7) is 1.85. The van der Waals surface area contributed by atoms with Gasteiger partial charge in [-0.05, 0) is 60.9 Å². The van der Waals surface area contributed by atoms with Gasteiger partial charge in [0.05, 0.1) is 18.0 Å². The van der Waals surface area contributed by atoms with E-state index in [1.54, 1.807) is 19.2 Å². The highest BCUT2D eigenvalue weighted by Crippen LogP contribution is 2.19. The van der Waals surface area contributed by atoms with Crippen molar-refractivity contribution in [1.82, 2.24) is 10.0 Å². The SMILES string of the molecule is COc1ccc([C@@H](C)NC(=O)[C@@H](Cc2ccccc2)NS(=O)(=O)c2ccc(Br)cc2)cc1. The number of hydrogen-bond acceptors (Lipinski definition) is 4. The number of carbonyl (C=O) groups is 1. The first-order valence-electron chi connectivity index (χ1n) is 10.0. The molecule has 32 heavy (non-hydrogen) atoms. The van der Waals surface area contributed by atoms with Crippen molar-refractivity contribution >= 4 is 31.9 Å². The van der Waals surface area contributed by atoms with Crippen molar-refractivity contribution in [3.05, 3.63) is 94.5 Å². The van der Waals surface area contributed by atoms with Crippen molar-refractivity contribution in [3.63, 3.8) is 0 Å². The van der Waals surface area contributed by atoms with E-state index in [4.69, 9.17) is 4.74 Å². The van der Waals surface area contributed by atoms with Crippen LogP contribution in [0.1, 0.15) is 24.1 Å². The van der Waals surface area contributed by atoms with Crippen molar-refractivity contribution in [1.29, 1.82) is 0 Å². The molecule has 1 amide bonds. The Morgan fingerprint density at radius 1 is 0.969 bits per heavy atom. The van der Waals surface area contributed by atoms with Gasteiger partial charge in [0.25, 0.3) is 0 Å². The van der Waals surface area contributed by atoms with Gasteiger partial charge in [-0.15, -0.1) is 0 Å². The quantitative estimate of drug-likeness (QED) is 0.445. The highest BCUT2D eigenvalue weighted by Gasteiger charge is 2.27. The van der Waals surface area contributed by atoms with Crippen LogP contribution in [0.25, 0.3) is 0 Å². The van der Waals surface area contributed by atoms with E-state index in [2.05, 4.69) is 26.0 Å². The van der Waals surface area contributed by atoms with Gasteiger partial charge in [-0.1, -0.05) is 58.4 Å². The third-order valence-corrected chi connectivity index (χ3v) is 7.01. The Morgan fingerprint density at radius 3 is 2.19 bits per heavy atom. The molecule has 0 aromatic heterocycles. The zero-order valence-corrected chi connectivity index (χ0v) is 20.2. The third kappa shape index (κ3) is 6.41. The molecule has 168 valence electrons. The fraction of sp³-hybridized carbons (Fsp3) is 0.208. The van der Waals surface area contributed by atoms with Crippen LogP contribution < -0.4 is 14.8 Å². The number of ether oxygens (including phenoxy) is 1. The molecule has 0 aliphatic carbocycles. The normalized spacial score (nSPS) is 13.2. The second kappa shape index (κ2) is 10.8. The van der Waals surface area contributed by atoms with Crippen LogP contribution in [0.15, 0.2) is 88.2 Å². The zero-order valence-electron chi connectivity index (χ0n) is 17.8. The number of amides is 1. The number of methoxy groups -OCH3 is 1. The molecule has 2 N–H and O–H groups in total. The lowest BCUT2D eigenvalue weighted by atomic mass is 10.0. The summed E-state index contributed by atoms with van der Waals surface area (Å²) in [6, 6.07) is 21.6. The number of sulfonamides is 1. The summed E-state index contributed by atoms with van der Waals surface area (Å²) in [5.41, 5.74) is 1.73. The van der Waals surface area contributed by atoms with Crippen LogP contribution in [0.2, 0.25) is 0 Å². The number of nitrogens with one attached hydrogen (secondary N) is 2. The van der Waals surface area contributed by atoms with E-state index in [1.807, 2.05) is 61.5 Å². The summed E-state index contributed by atoms with van der Waals surface area (Å²) < 4.78 is 34.4. The van der Waals surface area contributed by atoms with Gasteiger partial charge in [0, 0.05) is 4.47 Å². The summed E-state index contributed by atoms with van der Waals surface area (Å²) in [7, 11) is -2.31. The zero-order chi connectivity index (χ0) is 23.1. The molecule has 0 unspecified atom stereocenters. The minimum atomic E-state index is -3.90. The summed E-state index contributed by atoms with van der Waals surface area (Å²) in [5.74, 6) is 0.314. The molecule has 3 rings (SSSR count). The summed E-state index contributed by atoms with van der Waals surface area (Å²) in [6.07, 6.45) is 0.220. The molecule has 0 aliphatic heterocycles. The Hall–Kier alpha value is -2.68. The largest absolute Gasteiger partial charge is 0.497 e. The van der Waals surface area contributed by atoms with Gasteiger partial charge in [0.2, 0.25) is 15.9 Å². The van der Waals surface area contributed by atoms with Gasteiger partial charge in [-0.25, -0.2) is 8.42 Å². The maximum atomic E-state index is 13.1. The van der Waals surface area contributed by atoms with E-state index in [1.165, 1.54) is 12.1 Å². The van der Waals surface area contributed by atoms with Crippen LogP contribution in [0.5, 0.6) is 5.75 Å². The number of carbonyl (C=O) groups excluding carboxylic acids is 1. The van der Waals surface area contributed by atoms with Crippen molar-refractivity contribution in [2.45, 2.75) is 30.3 Å². The lowest BCUT2D eigenvalue weighted by Gasteiger charge is -2.22. The summed E-state index contributed by atoms with van der Waals surface area (Å²) in [5, 5.41) is 2.92. The van der Waals surface area contributed by atoms with E-state index >= 15 is 0 Å². The Kier molecular flexibility index (Phi) is 8.06. The number of halogens is 1. The standard InChI is InChI=1S/C24H25BrN2O4S/c1-17(19-8-12-21(31-2)13-9-19)26-24(28)23(16-18-6-4-3-5-7-18)27-32(29,30)22-14-10-20(25)11-15-22/h3-15,17,23,27H,16H2,1-2H3,(H,26,28)/t17-,23-/m1/s1. The second-order valence-electron chi connectivity index (χ2n) is 7.32. The van der Waals surface area contributed by atoms with E-state index in [0.29, 0.717) is 0 Å². The maximum absolute atomic E-state index is 13.1. The summed E-state index contributed by atoms with van der Waals surface area (Å²) in [4.78, 5) is 13.2. The molecule has 0 saturated carbocycles. The van der Waals surface area contributed by atoms with Crippen LogP contribution in [-0.2, 0) is 21.2 Å². The molecule has 3 aromatic rings. The maximum Gasteiger partial charge on any atom is 0.241 e. The van der Waals surface area contributed by atoms with Gasteiger partial charge >= 0.3 is 0 Å². The lowest BCUT2D eigenvalue weighted by Crippen LogP contribution is -2.48. The first kappa shape index (κ1) is 24.0. The number of benzene rings is 3. The fourth-order valence-corrected chi connectivity index (χ4v) is 4.66. The second-order valence-corrected chi connectivity index (χ2v) is 9.95. The van der Waals surface area contributed by atoms with E-state index in [-0.39, 0.29) is 17.4 Å². The van der Waals surface area contributed by atoms with Gasteiger partial charge < -0.3 is 10.1 Å². The Morgan fingerprint density at radius 2 is 1.59 bits per heavy atom. The fourth-order valence-electron chi connectivity index (χ4n) is 3.20. The van der Waals surface area contributed by atoms with Crippen molar-refractivity contribution in [2.75, 3.05) is 7.11 Å². The molecule has 0 bridgehead atoms. The smallest absolute Gasteiger partial charge is 0.241 e. The predicted octanol–water partition coefficient (Wildman–Crippen LogP) is 4.22. The van der Waals surface area contributed by atoms with Crippen LogP contribution in [0.4, 0.5) is 0 Å². The molecular formula is C24H25BrN2O4S. The van der Waals surface area contributed by atoms with Gasteiger partial charge in [0.15, 0.2) is 0 Å². The molecule has 6 nitrogen and oxygen atoms in total. The molecule has 0 aliphatic rings. The highest BCUT2D eigenvalue weighted by molar-refractivity contribution is 9.10. The molecular weight excluding hydrogens is 492 g/mol. The van der Waals surface area contributed by atoms with Crippen molar-refractivity contribution in [3.8, 4) is 5.75 Å². The molecule has 8 heteroatoms. The predicted molar refractivity (Wildman–Crippen MR) is 128 cm³/mol. The molecule has 2 atom stereocenters. The van der Waals surface area contributed by atoms with Crippen LogP contribution >= 0.6 is 15.9 Å². The first-order chi connectivity index (χ1) is 15.3. The van der Waals surface area contributed by atoms with Gasteiger partial charge in [-0.2, -0.15) is 4.72 Å². The number of rotatable bonds is 9. The minimum Gasteiger partial charge on any atom is -0.497 e. The molecule has 0 radical (unpaired) electrons. The molecule has 0 heterocycles. The van der Waals surface area contributed by atoms with E-state index in [9.17, 15) is 13.2 Å². The average molecular weight is 517 g/mol. The highest BCUT2D eigenvalue weighted by atomic mass is 79.9. The number of hydrogen-bond donors (Lipinski definition) is 2. The van der Waals surface area contributed by atoms with E-state index in [0.717, 1.165) is 21.3 Å². The monoisotopic (exact) mass is 516 g/mol. The van der Waals surface area contributed by atoms with Gasteiger partial charge in [0.1, 0.15) is 11.8 Å². The van der Waals surface area contributed by atoms with Crippen molar-refractivity contribution < 1.29 is 17.9 Å². The average Bonchev–Trinajstić information content (AvgIpc) is 2.79.